The Hall–Kier alpha value is -3.35. The lowest BCUT2D eigenvalue weighted by Crippen LogP contribution is -1.90. The molecule has 0 saturated heterocycles. The zero-order chi connectivity index (χ0) is 18.1. The Morgan fingerprint density at radius 3 is 2.65 bits per heavy atom. The molecule has 0 bridgehead atoms. The fourth-order valence-corrected chi connectivity index (χ4v) is 2.69. The molecular weight excluding hydrogens is 334 g/mol. The van der Waals surface area contributed by atoms with E-state index in [-0.39, 0.29) is 0 Å². The first-order chi connectivity index (χ1) is 12.7. The first kappa shape index (κ1) is 16.1. The van der Waals surface area contributed by atoms with Gasteiger partial charge in [-0.05, 0) is 30.3 Å². The molecule has 0 unspecified atom stereocenters. The summed E-state index contributed by atoms with van der Waals surface area (Å²) in [7, 11) is 3.18. The van der Waals surface area contributed by atoms with E-state index < -0.39 is 0 Å². The van der Waals surface area contributed by atoms with Crippen LogP contribution in [0.1, 0.15) is 12.8 Å². The van der Waals surface area contributed by atoms with Crippen molar-refractivity contribution in [1.82, 2.24) is 15.1 Å². The van der Waals surface area contributed by atoms with Crippen LogP contribution in [-0.2, 0) is 6.42 Å². The van der Waals surface area contributed by atoms with Gasteiger partial charge in [0.25, 0.3) is 5.89 Å². The van der Waals surface area contributed by atoms with Crippen molar-refractivity contribution in [3.05, 3.63) is 42.3 Å². The Balaban J connectivity index is 1.72. The molecule has 0 atom stereocenters. The summed E-state index contributed by atoms with van der Waals surface area (Å²) in [5.74, 6) is 2.83. The number of ether oxygens (including phenoxy) is 2. The van der Waals surface area contributed by atoms with E-state index in [1.807, 2.05) is 37.3 Å². The molecule has 0 aliphatic rings. The Kier molecular flexibility index (Phi) is 4.04. The molecule has 7 heteroatoms. The third kappa shape index (κ3) is 2.77. The molecule has 0 amide bonds. The van der Waals surface area contributed by atoms with Crippen molar-refractivity contribution in [2.45, 2.75) is 13.3 Å². The van der Waals surface area contributed by atoms with E-state index in [2.05, 4.69) is 15.1 Å². The number of rotatable bonds is 5. The highest BCUT2D eigenvalue weighted by molar-refractivity contribution is 5.79. The van der Waals surface area contributed by atoms with Crippen LogP contribution in [0.3, 0.4) is 0 Å². The molecule has 2 aromatic carbocycles. The lowest BCUT2D eigenvalue weighted by molar-refractivity contribution is 0.391. The minimum absolute atomic E-state index is 0.369. The Labute approximate surface area is 149 Å². The summed E-state index contributed by atoms with van der Waals surface area (Å²) >= 11 is 0. The van der Waals surface area contributed by atoms with Crippen LogP contribution in [0.25, 0.3) is 33.9 Å². The average Bonchev–Trinajstić information content (AvgIpc) is 3.33. The largest absolute Gasteiger partial charge is 0.497 e. The van der Waals surface area contributed by atoms with Crippen molar-refractivity contribution in [1.29, 1.82) is 0 Å². The van der Waals surface area contributed by atoms with Gasteiger partial charge in [0, 0.05) is 18.1 Å². The number of hydrogen-bond acceptors (Lipinski definition) is 7. The Bertz CT molecular complexity index is 1070. The van der Waals surface area contributed by atoms with Crippen molar-refractivity contribution >= 4 is 11.1 Å². The van der Waals surface area contributed by atoms with Crippen molar-refractivity contribution in [2.24, 2.45) is 0 Å². The van der Waals surface area contributed by atoms with E-state index in [0.717, 1.165) is 23.1 Å². The number of benzene rings is 2. The van der Waals surface area contributed by atoms with Gasteiger partial charge in [0.1, 0.15) is 17.0 Å². The van der Waals surface area contributed by atoms with Gasteiger partial charge in [-0.15, -0.1) is 0 Å². The Morgan fingerprint density at radius 1 is 1.00 bits per heavy atom. The van der Waals surface area contributed by atoms with Gasteiger partial charge in [-0.3, -0.25) is 0 Å². The van der Waals surface area contributed by atoms with Crippen LogP contribution in [0, 0.1) is 0 Å². The molecule has 0 aliphatic carbocycles. The zero-order valence-corrected chi connectivity index (χ0v) is 14.6. The first-order valence-corrected chi connectivity index (χ1v) is 8.17. The van der Waals surface area contributed by atoms with Gasteiger partial charge in [0.05, 0.1) is 19.8 Å². The molecule has 26 heavy (non-hydrogen) atoms. The maximum Gasteiger partial charge on any atom is 0.262 e. The molecule has 0 fully saturated rings. The number of hydrogen-bond donors (Lipinski definition) is 0. The van der Waals surface area contributed by atoms with Crippen LogP contribution in [0.4, 0.5) is 0 Å². The fraction of sp³-hybridized carbons (Fsp3) is 0.211. The van der Waals surface area contributed by atoms with Crippen LogP contribution >= 0.6 is 0 Å². The minimum Gasteiger partial charge on any atom is -0.497 e. The van der Waals surface area contributed by atoms with Crippen LogP contribution in [-0.4, -0.2) is 29.3 Å². The summed E-state index contributed by atoms with van der Waals surface area (Å²) in [6, 6.07) is 11.0. The van der Waals surface area contributed by atoms with Gasteiger partial charge in [0.15, 0.2) is 11.5 Å². The van der Waals surface area contributed by atoms with Crippen molar-refractivity contribution < 1.29 is 18.4 Å². The quantitative estimate of drug-likeness (QED) is 0.534. The van der Waals surface area contributed by atoms with Gasteiger partial charge in [-0.2, -0.15) is 4.98 Å². The predicted octanol–water partition coefficient (Wildman–Crippen LogP) is 4.12. The second-order valence-corrected chi connectivity index (χ2v) is 5.63. The highest BCUT2D eigenvalue weighted by atomic mass is 16.5. The maximum atomic E-state index is 5.63. The second kappa shape index (κ2) is 6.51. The number of methoxy groups -OCH3 is 2. The molecule has 7 nitrogen and oxygen atoms in total. The van der Waals surface area contributed by atoms with Crippen LogP contribution in [0.5, 0.6) is 11.5 Å². The number of nitrogens with zero attached hydrogens (tertiary/aromatic N) is 3. The van der Waals surface area contributed by atoms with Gasteiger partial charge in [-0.25, -0.2) is 4.98 Å². The predicted molar refractivity (Wildman–Crippen MR) is 95.2 cm³/mol. The van der Waals surface area contributed by atoms with Gasteiger partial charge < -0.3 is 18.4 Å². The maximum absolute atomic E-state index is 5.63. The third-order valence-electron chi connectivity index (χ3n) is 4.06. The van der Waals surface area contributed by atoms with Crippen molar-refractivity contribution in [3.63, 3.8) is 0 Å². The third-order valence-corrected chi connectivity index (χ3v) is 4.06. The number of aryl methyl sites for hydroxylation is 1. The minimum atomic E-state index is 0.369. The normalized spacial score (nSPS) is 11.0. The number of oxazole rings is 1. The summed E-state index contributed by atoms with van der Waals surface area (Å²) in [4.78, 5) is 8.93. The summed E-state index contributed by atoms with van der Waals surface area (Å²) in [6.45, 7) is 2.00. The molecule has 0 saturated carbocycles. The van der Waals surface area contributed by atoms with Gasteiger partial charge in [0.2, 0.25) is 5.82 Å². The summed E-state index contributed by atoms with van der Waals surface area (Å²) in [5.41, 5.74) is 3.01. The van der Waals surface area contributed by atoms with E-state index in [0.29, 0.717) is 34.7 Å². The van der Waals surface area contributed by atoms with Crippen molar-refractivity contribution in [2.75, 3.05) is 14.2 Å². The highest BCUT2D eigenvalue weighted by Crippen LogP contribution is 2.33. The van der Waals surface area contributed by atoms with Crippen LogP contribution < -0.4 is 9.47 Å². The lowest BCUT2D eigenvalue weighted by atomic mass is 10.1. The van der Waals surface area contributed by atoms with Crippen LogP contribution in [0.15, 0.2) is 45.3 Å². The molecule has 0 spiro atoms. The molecule has 0 N–H and O–H groups in total. The standard InChI is InChI=1S/C19H17N3O4/c1-4-17-20-14-9-11(5-8-15(14)25-17)18-21-19(26-22-18)13-7-6-12(23-2)10-16(13)24-3/h5-10H,4H2,1-3H3. The smallest absolute Gasteiger partial charge is 0.262 e. The zero-order valence-electron chi connectivity index (χ0n) is 14.6. The van der Waals surface area contributed by atoms with Crippen molar-refractivity contribution in [3.8, 4) is 34.3 Å². The van der Waals surface area contributed by atoms with E-state index in [1.54, 1.807) is 20.3 Å². The molecule has 2 aromatic heterocycles. The van der Waals surface area contributed by atoms with E-state index in [4.69, 9.17) is 18.4 Å². The van der Waals surface area contributed by atoms with Gasteiger partial charge >= 0.3 is 0 Å². The summed E-state index contributed by atoms with van der Waals surface area (Å²) < 4.78 is 21.7. The SMILES string of the molecule is CCc1nc2cc(-c3noc(-c4ccc(OC)cc4OC)n3)ccc2o1. The average molecular weight is 351 g/mol. The van der Waals surface area contributed by atoms with Crippen LogP contribution in [0.2, 0.25) is 0 Å². The molecule has 132 valence electrons. The highest BCUT2D eigenvalue weighted by Gasteiger charge is 2.16. The molecule has 4 aromatic rings. The topological polar surface area (TPSA) is 83.4 Å². The number of fused-ring (bicyclic) bond motifs is 1. The monoisotopic (exact) mass is 351 g/mol. The fourth-order valence-electron chi connectivity index (χ4n) is 2.69. The second-order valence-electron chi connectivity index (χ2n) is 5.63. The summed E-state index contributed by atoms with van der Waals surface area (Å²) in [6.07, 6.45) is 0.744. The first-order valence-electron chi connectivity index (χ1n) is 8.17. The molecule has 2 heterocycles. The molecule has 4 rings (SSSR count). The molecule has 0 aliphatic heterocycles. The van der Waals surface area contributed by atoms with E-state index in [9.17, 15) is 0 Å². The molecule has 0 radical (unpaired) electrons. The Morgan fingerprint density at radius 2 is 1.88 bits per heavy atom. The van der Waals surface area contributed by atoms with Gasteiger partial charge in [-0.1, -0.05) is 12.1 Å². The molecular formula is C19H17N3O4. The lowest BCUT2D eigenvalue weighted by Gasteiger charge is -2.06. The van der Waals surface area contributed by atoms with E-state index in [1.165, 1.54) is 0 Å². The number of aromatic nitrogens is 3. The summed E-state index contributed by atoms with van der Waals surface area (Å²) in [5, 5.41) is 4.08. The van der Waals surface area contributed by atoms with E-state index >= 15 is 0 Å².